The highest BCUT2D eigenvalue weighted by Crippen LogP contribution is 2.30. The van der Waals surface area contributed by atoms with E-state index in [2.05, 4.69) is 5.32 Å². The summed E-state index contributed by atoms with van der Waals surface area (Å²) < 4.78 is 33.1. The van der Waals surface area contributed by atoms with Crippen molar-refractivity contribution in [1.29, 1.82) is 0 Å². The number of benzene rings is 2. The number of carbonyl (C=O) groups excluding carboxylic acids is 3. The molecule has 0 unspecified atom stereocenters. The van der Waals surface area contributed by atoms with Gasteiger partial charge in [-0.25, -0.2) is 13.2 Å². The third-order valence-corrected chi connectivity index (χ3v) is 8.10. The smallest absolute Gasteiger partial charge is 0.338 e. The van der Waals surface area contributed by atoms with E-state index in [1.165, 1.54) is 40.4 Å². The summed E-state index contributed by atoms with van der Waals surface area (Å²) in [5.74, 6) is -1.73. The van der Waals surface area contributed by atoms with Gasteiger partial charge in [0.2, 0.25) is 15.9 Å². The van der Waals surface area contributed by atoms with Gasteiger partial charge >= 0.3 is 5.97 Å². The molecule has 2 atom stereocenters. The number of fused-ring (bicyclic) bond motifs is 1. The first-order chi connectivity index (χ1) is 16.2. The van der Waals surface area contributed by atoms with Crippen LogP contribution in [0.25, 0.3) is 0 Å². The molecule has 2 aromatic carbocycles. The monoisotopic (exact) mass is 485 g/mol. The van der Waals surface area contributed by atoms with Gasteiger partial charge in [-0.1, -0.05) is 24.6 Å². The maximum absolute atomic E-state index is 13.1. The van der Waals surface area contributed by atoms with Crippen LogP contribution in [0.15, 0.2) is 53.4 Å². The SMILES string of the molecule is C[C@@H]1CCCCN1S(=O)(=O)c1cccc(C(=O)O[C@H](C)C(=O)N2CC(=O)Nc3ccccc32)c1. The van der Waals surface area contributed by atoms with Crippen molar-refractivity contribution in [2.45, 2.75) is 50.2 Å². The maximum Gasteiger partial charge on any atom is 0.338 e. The van der Waals surface area contributed by atoms with Crippen molar-refractivity contribution < 1.29 is 27.5 Å². The zero-order valence-electron chi connectivity index (χ0n) is 19.1. The molecule has 2 aromatic rings. The molecule has 0 spiro atoms. The van der Waals surface area contributed by atoms with E-state index in [9.17, 15) is 22.8 Å². The van der Waals surface area contributed by atoms with Crippen LogP contribution in [-0.4, -0.2) is 55.7 Å². The van der Waals surface area contributed by atoms with E-state index in [-0.39, 0.29) is 29.0 Å². The summed E-state index contributed by atoms with van der Waals surface area (Å²) in [5.41, 5.74) is 1.04. The van der Waals surface area contributed by atoms with Crippen LogP contribution in [0.1, 0.15) is 43.5 Å². The minimum Gasteiger partial charge on any atom is -0.449 e. The lowest BCUT2D eigenvalue weighted by Gasteiger charge is -2.32. The zero-order chi connectivity index (χ0) is 24.5. The van der Waals surface area contributed by atoms with Crippen LogP contribution in [0.5, 0.6) is 0 Å². The van der Waals surface area contributed by atoms with Crippen LogP contribution in [0.3, 0.4) is 0 Å². The normalized spacial score (nSPS) is 19.6. The van der Waals surface area contributed by atoms with Crippen LogP contribution >= 0.6 is 0 Å². The standard InChI is InChI=1S/C24H27N3O6S/c1-16-8-5-6-13-27(16)34(31,32)19-10-7-9-18(14-19)24(30)33-17(2)23(29)26-15-22(28)25-20-11-3-4-12-21(20)26/h3-4,7,9-12,14,16-17H,5-6,8,13,15H2,1-2H3,(H,25,28)/t16-,17-/m1/s1. The predicted octanol–water partition coefficient (Wildman–Crippen LogP) is 2.78. The summed E-state index contributed by atoms with van der Waals surface area (Å²) in [6.07, 6.45) is 1.38. The Bertz CT molecular complexity index is 1230. The minimum absolute atomic E-state index is 0.0105. The second-order valence-electron chi connectivity index (χ2n) is 8.53. The number of nitrogens with one attached hydrogen (secondary N) is 1. The van der Waals surface area contributed by atoms with Gasteiger partial charge in [0, 0.05) is 12.6 Å². The fourth-order valence-corrected chi connectivity index (χ4v) is 6.02. The number of sulfonamides is 1. The molecule has 4 rings (SSSR count). The molecule has 0 radical (unpaired) electrons. The van der Waals surface area contributed by atoms with Crippen LogP contribution in [-0.2, 0) is 24.3 Å². The molecule has 34 heavy (non-hydrogen) atoms. The van der Waals surface area contributed by atoms with Crippen LogP contribution in [0.2, 0.25) is 0 Å². The second-order valence-corrected chi connectivity index (χ2v) is 10.4. The van der Waals surface area contributed by atoms with Crippen molar-refractivity contribution in [3.8, 4) is 0 Å². The highest BCUT2D eigenvalue weighted by atomic mass is 32.2. The number of hydrogen-bond donors (Lipinski definition) is 1. The molecule has 2 heterocycles. The van der Waals surface area contributed by atoms with Gasteiger partial charge in [-0.15, -0.1) is 0 Å². The first-order valence-corrected chi connectivity index (χ1v) is 12.7. The number of rotatable bonds is 5. The van der Waals surface area contributed by atoms with E-state index in [0.29, 0.717) is 17.9 Å². The van der Waals surface area contributed by atoms with Gasteiger partial charge in [0.1, 0.15) is 6.54 Å². The average molecular weight is 486 g/mol. The van der Waals surface area contributed by atoms with Crippen molar-refractivity contribution >= 4 is 39.2 Å². The number of nitrogens with zero attached hydrogens (tertiary/aromatic N) is 2. The number of carbonyl (C=O) groups is 3. The molecule has 0 aromatic heterocycles. The minimum atomic E-state index is -3.76. The molecular formula is C24H27N3O6S. The number of para-hydroxylation sites is 2. The van der Waals surface area contributed by atoms with E-state index < -0.39 is 28.0 Å². The molecule has 1 fully saturated rings. The Morgan fingerprint density at radius 1 is 1.12 bits per heavy atom. The van der Waals surface area contributed by atoms with E-state index >= 15 is 0 Å². The number of amides is 2. The lowest BCUT2D eigenvalue weighted by atomic mass is 10.1. The van der Waals surface area contributed by atoms with Crippen LogP contribution in [0, 0.1) is 0 Å². The molecule has 0 bridgehead atoms. The fourth-order valence-electron chi connectivity index (χ4n) is 4.28. The Morgan fingerprint density at radius 2 is 1.88 bits per heavy atom. The van der Waals surface area contributed by atoms with Crippen LogP contribution < -0.4 is 10.2 Å². The van der Waals surface area contributed by atoms with Crippen LogP contribution in [0.4, 0.5) is 11.4 Å². The Kier molecular flexibility index (Phi) is 6.72. The Hall–Kier alpha value is -3.24. The maximum atomic E-state index is 13.1. The molecule has 2 aliphatic rings. The highest BCUT2D eigenvalue weighted by Gasteiger charge is 2.33. The summed E-state index contributed by atoms with van der Waals surface area (Å²) in [6.45, 7) is 3.54. The number of anilines is 2. The van der Waals surface area contributed by atoms with Crippen molar-refractivity contribution in [2.75, 3.05) is 23.3 Å². The summed E-state index contributed by atoms with van der Waals surface area (Å²) >= 11 is 0. The van der Waals surface area contributed by atoms with Crippen molar-refractivity contribution in [3.63, 3.8) is 0 Å². The number of piperidine rings is 1. The molecular weight excluding hydrogens is 458 g/mol. The Labute approximate surface area is 198 Å². The van der Waals surface area contributed by atoms with Gasteiger partial charge < -0.3 is 10.1 Å². The molecule has 0 saturated carbocycles. The summed E-state index contributed by atoms with van der Waals surface area (Å²) in [4.78, 5) is 39.1. The third-order valence-electron chi connectivity index (χ3n) is 6.09. The van der Waals surface area contributed by atoms with Crippen molar-refractivity contribution in [1.82, 2.24) is 4.31 Å². The number of hydrogen-bond acceptors (Lipinski definition) is 6. The van der Waals surface area contributed by atoms with Gasteiger partial charge in [-0.3, -0.25) is 14.5 Å². The predicted molar refractivity (Wildman–Crippen MR) is 126 cm³/mol. The average Bonchev–Trinajstić information content (AvgIpc) is 2.83. The number of esters is 1. The summed E-state index contributed by atoms with van der Waals surface area (Å²) in [5, 5.41) is 2.70. The molecule has 2 aliphatic heterocycles. The van der Waals surface area contributed by atoms with E-state index in [0.717, 1.165) is 19.3 Å². The van der Waals surface area contributed by atoms with E-state index in [1.807, 2.05) is 6.92 Å². The molecule has 0 aliphatic carbocycles. The zero-order valence-corrected chi connectivity index (χ0v) is 19.9. The second kappa shape index (κ2) is 9.55. The Balaban J connectivity index is 1.50. The van der Waals surface area contributed by atoms with E-state index in [4.69, 9.17) is 4.74 Å². The van der Waals surface area contributed by atoms with Gasteiger partial charge in [0.05, 0.1) is 21.8 Å². The van der Waals surface area contributed by atoms with Gasteiger partial charge in [-0.2, -0.15) is 4.31 Å². The molecule has 180 valence electrons. The fraction of sp³-hybridized carbons (Fsp3) is 0.375. The molecule has 1 N–H and O–H groups in total. The molecule has 1 saturated heterocycles. The molecule has 2 amide bonds. The lowest BCUT2D eigenvalue weighted by molar-refractivity contribution is -0.128. The Morgan fingerprint density at radius 3 is 2.65 bits per heavy atom. The van der Waals surface area contributed by atoms with Gasteiger partial charge in [0.15, 0.2) is 6.10 Å². The van der Waals surface area contributed by atoms with E-state index in [1.54, 1.807) is 24.3 Å². The van der Waals surface area contributed by atoms with Gasteiger partial charge in [-0.05, 0) is 57.0 Å². The summed E-state index contributed by atoms with van der Waals surface area (Å²) in [6, 6.07) is 12.4. The largest absolute Gasteiger partial charge is 0.449 e. The molecule has 9 nitrogen and oxygen atoms in total. The van der Waals surface area contributed by atoms with Crippen molar-refractivity contribution in [3.05, 3.63) is 54.1 Å². The number of ether oxygens (including phenoxy) is 1. The highest BCUT2D eigenvalue weighted by molar-refractivity contribution is 7.89. The molecule has 10 heteroatoms. The topological polar surface area (TPSA) is 113 Å². The quantitative estimate of drug-likeness (QED) is 0.652. The first-order valence-electron chi connectivity index (χ1n) is 11.2. The van der Waals surface area contributed by atoms with Gasteiger partial charge in [0.25, 0.3) is 5.91 Å². The van der Waals surface area contributed by atoms with Crippen molar-refractivity contribution in [2.24, 2.45) is 0 Å². The first kappa shape index (κ1) is 23.9. The third kappa shape index (κ3) is 4.69. The lowest BCUT2D eigenvalue weighted by Crippen LogP contribution is -2.47. The summed E-state index contributed by atoms with van der Waals surface area (Å²) in [7, 11) is -3.76.